The largest absolute Gasteiger partial charge is 0.481 e. The van der Waals surface area contributed by atoms with Crippen LogP contribution in [0.4, 0.5) is 0 Å². The Kier molecular flexibility index (Phi) is 3.46. The fourth-order valence-electron chi connectivity index (χ4n) is 0.388. The molecule has 0 heterocycles. The summed E-state index contributed by atoms with van der Waals surface area (Å²) in [6, 6.07) is 0. The van der Waals surface area contributed by atoms with Gasteiger partial charge in [0.1, 0.15) is 0 Å². The minimum absolute atomic E-state index is 0.0300. The maximum Gasteiger partial charge on any atom is 0.305 e. The molecule has 0 atom stereocenters. The molecular weight excluding hydrogens is 134 g/mol. The van der Waals surface area contributed by atoms with E-state index in [1.165, 1.54) is 11.9 Å². The molecule has 4 heteroatoms. The van der Waals surface area contributed by atoms with Crippen LogP contribution in [0.3, 0.4) is 0 Å². The first-order chi connectivity index (χ1) is 4.54. The predicted molar refractivity (Wildman–Crippen MR) is 35.2 cm³/mol. The molecule has 0 rings (SSSR count). The molecule has 0 unspecified atom stereocenters. The summed E-state index contributed by atoms with van der Waals surface area (Å²) in [6.45, 7) is 3.33. The lowest BCUT2D eigenvalue weighted by molar-refractivity contribution is -0.137. The average Bonchev–Trinajstić information content (AvgIpc) is 1.82. The van der Waals surface area contributed by atoms with Gasteiger partial charge in [-0.3, -0.25) is 9.59 Å². The third-order valence-corrected chi connectivity index (χ3v) is 1.09. The molecule has 0 spiro atoms. The molecular formula is C6H10NO3. The van der Waals surface area contributed by atoms with Crippen LogP contribution in [0.1, 0.15) is 6.42 Å². The molecule has 1 radical (unpaired) electrons. The average molecular weight is 144 g/mol. The van der Waals surface area contributed by atoms with Crippen molar-refractivity contribution in [3.8, 4) is 0 Å². The van der Waals surface area contributed by atoms with Crippen molar-refractivity contribution >= 4 is 11.9 Å². The second-order valence-corrected chi connectivity index (χ2v) is 1.96. The summed E-state index contributed by atoms with van der Waals surface area (Å²) >= 11 is 0. The molecule has 0 saturated carbocycles. The summed E-state index contributed by atoms with van der Waals surface area (Å²) in [4.78, 5) is 21.6. The molecule has 57 valence electrons. The van der Waals surface area contributed by atoms with Crippen LogP contribution in [0.25, 0.3) is 0 Å². The fourth-order valence-corrected chi connectivity index (χ4v) is 0.388. The highest BCUT2D eigenvalue weighted by Gasteiger charge is 2.03. The van der Waals surface area contributed by atoms with E-state index in [-0.39, 0.29) is 18.9 Å². The zero-order valence-corrected chi connectivity index (χ0v) is 5.83. The Morgan fingerprint density at radius 2 is 2.10 bits per heavy atom. The Bertz CT molecular complexity index is 144. The first kappa shape index (κ1) is 8.94. The summed E-state index contributed by atoms with van der Waals surface area (Å²) < 4.78 is 0. The lowest BCUT2D eigenvalue weighted by Gasteiger charge is -2.11. The highest BCUT2D eigenvalue weighted by Crippen LogP contribution is 1.86. The second-order valence-electron chi connectivity index (χ2n) is 1.96. The van der Waals surface area contributed by atoms with E-state index in [1.807, 2.05) is 0 Å². The molecule has 0 aliphatic carbocycles. The summed E-state index contributed by atoms with van der Waals surface area (Å²) in [5.74, 6) is -1.27. The molecule has 0 bridgehead atoms. The van der Waals surface area contributed by atoms with Crippen LogP contribution in [-0.2, 0) is 9.59 Å². The van der Waals surface area contributed by atoms with Crippen molar-refractivity contribution in [2.45, 2.75) is 6.42 Å². The van der Waals surface area contributed by atoms with E-state index < -0.39 is 5.97 Å². The molecule has 0 aromatic heterocycles. The van der Waals surface area contributed by atoms with Gasteiger partial charge >= 0.3 is 5.97 Å². The van der Waals surface area contributed by atoms with Gasteiger partial charge in [0.25, 0.3) is 0 Å². The predicted octanol–water partition coefficient (Wildman–Crippen LogP) is -0.246. The van der Waals surface area contributed by atoms with Crippen LogP contribution in [-0.4, -0.2) is 35.5 Å². The summed E-state index contributed by atoms with van der Waals surface area (Å²) in [5, 5.41) is 8.19. The van der Waals surface area contributed by atoms with E-state index in [4.69, 9.17) is 5.11 Å². The van der Waals surface area contributed by atoms with Gasteiger partial charge in [-0.1, -0.05) is 0 Å². The molecule has 1 amide bonds. The quantitative estimate of drug-likeness (QED) is 0.594. The number of amides is 1. The van der Waals surface area contributed by atoms with Crippen molar-refractivity contribution < 1.29 is 14.7 Å². The van der Waals surface area contributed by atoms with Gasteiger partial charge in [0.2, 0.25) is 5.91 Å². The molecule has 0 fully saturated rings. The van der Waals surface area contributed by atoms with Gasteiger partial charge < -0.3 is 10.0 Å². The van der Waals surface area contributed by atoms with E-state index >= 15 is 0 Å². The third-order valence-electron chi connectivity index (χ3n) is 1.09. The monoisotopic (exact) mass is 144 g/mol. The highest BCUT2D eigenvalue weighted by atomic mass is 16.4. The van der Waals surface area contributed by atoms with Crippen LogP contribution in [0.5, 0.6) is 0 Å². The Balaban J connectivity index is 3.49. The van der Waals surface area contributed by atoms with Crippen molar-refractivity contribution in [1.29, 1.82) is 0 Å². The van der Waals surface area contributed by atoms with Gasteiger partial charge in [-0.25, -0.2) is 0 Å². The molecule has 0 aliphatic rings. The van der Waals surface area contributed by atoms with Crippen molar-refractivity contribution in [2.75, 3.05) is 13.6 Å². The Morgan fingerprint density at radius 1 is 1.60 bits per heavy atom. The number of nitrogens with zero attached hydrogens (tertiary/aromatic N) is 1. The number of carbonyl (C=O) groups is 2. The molecule has 4 nitrogen and oxygen atoms in total. The lowest BCUT2D eigenvalue weighted by atomic mass is 10.4. The van der Waals surface area contributed by atoms with E-state index in [1.54, 1.807) is 0 Å². The lowest BCUT2D eigenvalue weighted by Crippen LogP contribution is -2.26. The smallest absolute Gasteiger partial charge is 0.305 e. The number of carbonyl (C=O) groups excluding carboxylic acids is 1. The molecule has 0 aromatic carbocycles. The number of carboxylic acids is 1. The first-order valence-electron chi connectivity index (χ1n) is 2.83. The maximum absolute atomic E-state index is 10.4. The number of aliphatic carboxylic acids is 1. The van der Waals surface area contributed by atoms with Crippen LogP contribution in [0.2, 0.25) is 0 Å². The minimum Gasteiger partial charge on any atom is -0.481 e. The van der Waals surface area contributed by atoms with Crippen LogP contribution < -0.4 is 0 Å². The minimum atomic E-state index is -0.909. The number of carboxylic acid groups (broad SMARTS) is 1. The molecule has 0 aromatic rings. The molecule has 0 saturated heterocycles. The SMILES string of the molecule is [CH2]C(=O)N(C)CCC(=O)O. The Labute approximate surface area is 59.4 Å². The van der Waals surface area contributed by atoms with Crippen molar-refractivity contribution in [3.63, 3.8) is 0 Å². The highest BCUT2D eigenvalue weighted by molar-refractivity contribution is 5.80. The van der Waals surface area contributed by atoms with Crippen LogP contribution in [0.15, 0.2) is 0 Å². The van der Waals surface area contributed by atoms with E-state index in [2.05, 4.69) is 6.92 Å². The van der Waals surface area contributed by atoms with Crippen LogP contribution >= 0.6 is 0 Å². The zero-order chi connectivity index (χ0) is 8.15. The summed E-state index contributed by atoms with van der Waals surface area (Å²) in [5.41, 5.74) is 0. The summed E-state index contributed by atoms with van der Waals surface area (Å²) in [6.07, 6.45) is -0.0300. The summed E-state index contributed by atoms with van der Waals surface area (Å²) in [7, 11) is 1.51. The van der Waals surface area contributed by atoms with Gasteiger partial charge in [0, 0.05) is 20.5 Å². The topological polar surface area (TPSA) is 57.6 Å². The van der Waals surface area contributed by atoms with Crippen LogP contribution in [0, 0.1) is 6.92 Å². The number of hydrogen-bond donors (Lipinski definition) is 1. The van der Waals surface area contributed by atoms with Gasteiger partial charge in [0.05, 0.1) is 6.42 Å². The van der Waals surface area contributed by atoms with Gasteiger partial charge in [-0.15, -0.1) is 0 Å². The Hall–Kier alpha value is -1.06. The van der Waals surface area contributed by atoms with E-state index in [9.17, 15) is 9.59 Å². The number of hydrogen-bond acceptors (Lipinski definition) is 2. The maximum atomic E-state index is 10.4. The number of rotatable bonds is 3. The standard InChI is InChI=1S/C6H10NO3/c1-5(8)7(2)4-3-6(9)10/h1,3-4H2,2H3,(H,9,10). The fraction of sp³-hybridized carbons (Fsp3) is 0.500. The second kappa shape index (κ2) is 3.87. The third kappa shape index (κ3) is 3.88. The molecule has 1 N–H and O–H groups in total. The van der Waals surface area contributed by atoms with Crippen molar-refractivity contribution in [3.05, 3.63) is 6.92 Å². The molecule has 0 aliphatic heterocycles. The first-order valence-corrected chi connectivity index (χ1v) is 2.83. The van der Waals surface area contributed by atoms with Crippen molar-refractivity contribution in [2.24, 2.45) is 0 Å². The Morgan fingerprint density at radius 3 is 2.40 bits per heavy atom. The van der Waals surface area contributed by atoms with E-state index in [0.29, 0.717) is 0 Å². The van der Waals surface area contributed by atoms with Gasteiger partial charge in [-0.2, -0.15) is 0 Å². The van der Waals surface area contributed by atoms with E-state index in [0.717, 1.165) is 0 Å². The van der Waals surface area contributed by atoms with Gasteiger partial charge in [-0.05, 0) is 0 Å². The zero-order valence-electron chi connectivity index (χ0n) is 5.83. The van der Waals surface area contributed by atoms with Gasteiger partial charge in [0.15, 0.2) is 0 Å². The van der Waals surface area contributed by atoms with Crippen molar-refractivity contribution in [1.82, 2.24) is 4.90 Å². The molecule has 10 heavy (non-hydrogen) atoms. The normalized spacial score (nSPS) is 9.00.